The lowest BCUT2D eigenvalue weighted by atomic mass is 9.32. The molecular weight excluding hydrogens is 693 g/mol. The van der Waals surface area contributed by atoms with Crippen LogP contribution in [0.3, 0.4) is 0 Å². The summed E-state index contributed by atoms with van der Waals surface area (Å²) in [4.78, 5) is 41.3. The molecule has 302 valence electrons. The monoisotopic (exact) mass is 761 g/mol. The molecular formula is C50H68N2O4. The van der Waals surface area contributed by atoms with Gasteiger partial charge in [0.2, 0.25) is 5.91 Å². The van der Waals surface area contributed by atoms with Crippen LogP contribution in [0.15, 0.2) is 72.8 Å². The van der Waals surface area contributed by atoms with Crippen molar-refractivity contribution in [2.24, 2.45) is 56.7 Å². The molecule has 0 spiro atoms. The Bertz CT molecular complexity index is 1860. The molecule has 2 aromatic rings. The van der Waals surface area contributed by atoms with Crippen molar-refractivity contribution in [1.29, 1.82) is 0 Å². The number of amides is 1. The predicted molar refractivity (Wildman–Crippen MR) is 226 cm³/mol. The van der Waals surface area contributed by atoms with Gasteiger partial charge in [0.15, 0.2) is 0 Å². The molecule has 2 aromatic carbocycles. The topological polar surface area (TPSA) is 75.7 Å². The zero-order valence-electron chi connectivity index (χ0n) is 35.6. The highest BCUT2D eigenvalue weighted by atomic mass is 16.5. The summed E-state index contributed by atoms with van der Waals surface area (Å²) in [7, 11) is 1.43. The minimum absolute atomic E-state index is 0.00371. The number of hydrogen-bond donors (Lipinski definition) is 1. The molecule has 4 fully saturated rings. The number of carbonyl (C=O) groups excluding carboxylic acids is 3. The van der Waals surface area contributed by atoms with Gasteiger partial charge in [-0.15, -0.1) is 0 Å². The summed E-state index contributed by atoms with van der Waals surface area (Å²) in [5.41, 5.74) is 5.78. The van der Waals surface area contributed by atoms with E-state index in [0.717, 1.165) is 32.1 Å². The number of allylic oxidation sites excluding steroid dienone is 3. The molecule has 0 bridgehead atoms. The Morgan fingerprint density at radius 2 is 1.55 bits per heavy atom. The van der Waals surface area contributed by atoms with Crippen LogP contribution in [0.2, 0.25) is 0 Å². The Kier molecular flexibility index (Phi) is 10.9. The molecule has 0 heterocycles. The van der Waals surface area contributed by atoms with E-state index in [1.54, 1.807) is 6.92 Å². The van der Waals surface area contributed by atoms with Crippen molar-refractivity contribution in [3.8, 4) is 0 Å². The summed E-state index contributed by atoms with van der Waals surface area (Å²) in [6, 6.07) is 18.3. The highest BCUT2D eigenvalue weighted by Gasteiger charge is 2.71. The Labute approximate surface area is 337 Å². The second-order valence-corrected chi connectivity index (χ2v) is 20.1. The normalized spacial score (nSPS) is 35.6. The highest BCUT2D eigenvalue weighted by molar-refractivity contribution is 5.90. The lowest BCUT2D eigenvalue weighted by Crippen LogP contribution is -2.66. The first-order valence-corrected chi connectivity index (χ1v) is 21.6. The van der Waals surface area contributed by atoms with Crippen molar-refractivity contribution in [3.63, 3.8) is 0 Å². The maximum absolute atomic E-state index is 14.7. The number of fused-ring (bicyclic) bond motifs is 7. The van der Waals surface area contributed by atoms with E-state index >= 15 is 0 Å². The summed E-state index contributed by atoms with van der Waals surface area (Å²) in [5, 5.41) is 3.47. The van der Waals surface area contributed by atoms with E-state index in [4.69, 9.17) is 4.74 Å². The van der Waals surface area contributed by atoms with Gasteiger partial charge in [-0.25, -0.2) is 4.79 Å². The quantitative estimate of drug-likeness (QED) is 0.182. The molecule has 1 amide bonds. The molecule has 7 rings (SSSR count). The Hall–Kier alpha value is -3.51. The van der Waals surface area contributed by atoms with E-state index in [9.17, 15) is 14.4 Å². The molecule has 5 aliphatic rings. The molecule has 4 saturated carbocycles. The van der Waals surface area contributed by atoms with Gasteiger partial charge in [-0.2, -0.15) is 0 Å². The zero-order valence-corrected chi connectivity index (χ0v) is 35.6. The zero-order chi connectivity index (χ0) is 40.3. The number of methoxy groups -OCH3 is 1. The summed E-state index contributed by atoms with van der Waals surface area (Å²) in [6.45, 7) is 23.6. The third-order valence-electron chi connectivity index (χ3n) is 17.1. The van der Waals surface area contributed by atoms with E-state index in [1.807, 2.05) is 30.3 Å². The first-order chi connectivity index (χ1) is 26.5. The molecule has 0 aliphatic heterocycles. The molecule has 9 atom stereocenters. The van der Waals surface area contributed by atoms with Crippen LogP contribution in [0, 0.1) is 56.7 Å². The second-order valence-electron chi connectivity index (χ2n) is 20.1. The van der Waals surface area contributed by atoms with Gasteiger partial charge < -0.3 is 10.1 Å². The lowest BCUT2D eigenvalue weighted by Gasteiger charge is -2.72. The van der Waals surface area contributed by atoms with Crippen molar-refractivity contribution >= 4 is 23.2 Å². The van der Waals surface area contributed by atoms with Gasteiger partial charge in [-0.3, -0.25) is 14.5 Å². The number of nitrogens with one attached hydrogen (secondary N) is 1. The smallest absolute Gasteiger partial charge is 0.337 e. The van der Waals surface area contributed by atoms with E-state index < -0.39 is 0 Å². The molecule has 6 nitrogen and oxygen atoms in total. The van der Waals surface area contributed by atoms with Gasteiger partial charge in [-0.05, 0) is 152 Å². The van der Waals surface area contributed by atoms with E-state index in [1.165, 1.54) is 55.1 Å². The van der Waals surface area contributed by atoms with Crippen LogP contribution in [-0.4, -0.2) is 49.3 Å². The number of Topliss-reactive ketones (excluding diaryl/α,β-unsaturated/α-hetero) is 1. The second kappa shape index (κ2) is 15.0. The minimum Gasteiger partial charge on any atom is -0.465 e. The van der Waals surface area contributed by atoms with Gasteiger partial charge in [0, 0.05) is 19.6 Å². The van der Waals surface area contributed by atoms with Crippen molar-refractivity contribution in [1.82, 2.24) is 10.2 Å². The van der Waals surface area contributed by atoms with Gasteiger partial charge in [0.1, 0.15) is 5.78 Å². The maximum atomic E-state index is 14.7. The average molecular weight is 761 g/mol. The van der Waals surface area contributed by atoms with E-state index in [-0.39, 0.29) is 44.7 Å². The molecule has 1 N–H and O–H groups in total. The van der Waals surface area contributed by atoms with Crippen molar-refractivity contribution < 1.29 is 19.1 Å². The largest absolute Gasteiger partial charge is 0.465 e. The molecule has 5 aliphatic carbocycles. The third-order valence-corrected chi connectivity index (χ3v) is 17.1. The van der Waals surface area contributed by atoms with Crippen molar-refractivity contribution in [2.45, 2.75) is 113 Å². The first-order valence-electron chi connectivity index (χ1n) is 21.6. The highest BCUT2D eigenvalue weighted by Crippen LogP contribution is 2.77. The van der Waals surface area contributed by atoms with Gasteiger partial charge in [0.25, 0.3) is 0 Å². The van der Waals surface area contributed by atoms with Crippen LogP contribution < -0.4 is 5.32 Å². The number of hydrogen-bond acceptors (Lipinski definition) is 5. The van der Waals surface area contributed by atoms with Crippen LogP contribution in [0.1, 0.15) is 128 Å². The Balaban J connectivity index is 1.12. The SMILES string of the molecule is C=C(C)[C@@H]1CC[C@]2(C(=O)NCCN(CC(C)=O)Cc3ccccc3)CC[C@]3(C)[C@H](CC[C@@H]4[C@@]5(C)CC=C(c6ccc(C(=O)OC)cc6)C(C)(C)[C@@H]5CC[C@]43C)[C@@H]12. The average Bonchev–Trinajstić information content (AvgIpc) is 3.56. The van der Waals surface area contributed by atoms with Crippen LogP contribution in [-0.2, 0) is 20.9 Å². The Morgan fingerprint density at radius 1 is 0.839 bits per heavy atom. The van der Waals surface area contributed by atoms with Crippen LogP contribution in [0.4, 0.5) is 0 Å². The number of nitrogens with zero attached hydrogens (tertiary/aromatic N) is 1. The van der Waals surface area contributed by atoms with E-state index in [2.05, 4.69) is 88.7 Å². The fraction of sp³-hybridized carbons (Fsp3) is 0.620. The number of esters is 1. The molecule has 0 unspecified atom stereocenters. The standard InChI is InChI=1S/C50H68N2O4/c1-33(2)38-21-26-50(45(55)51-29-30-52(31-34(3)53)32-35-13-11-10-12-14-35)28-27-48(7)40(43(38)50)19-20-42-47(6)24-22-39(36-15-17-37(18-16-36)44(54)56-9)46(4,5)41(47)23-25-49(42,48)8/h10-18,22,38,40-43H,1,19-21,23-32H2,2-9H3,(H,51,55)/t38-,40+,41-,42+,43+,47-,48+,49+,50-/m0/s1. The Morgan fingerprint density at radius 3 is 2.21 bits per heavy atom. The number of benzene rings is 2. The molecule has 6 heteroatoms. The minimum atomic E-state index is -0.364. The first kappa shape index (κ1) is 40.7. The van der Waals surface area contributed by atoms with E-state index in [0.29, 0.717) is 61.3 Å². The summed E-state index contributed by atoms with van der Waals surface area (Å²) >= 11 is 0. The summed E-state index contributed by atoms with van der Waals surface area (Å²) in [6.07, 6.45) is 12.5. The molecule has 0 saturated heterocycles. The number of ketones is 1. The molecule has 56 heavy (non-hydrogen) atoms. The fourth-order valence-electron chi connectivity index (χ4n) is 14.4. The lowest BCUT2D eigenvalue weighted by molar-refractivity contribution is -0.225. The van der Waals surface area contributed by atoms with Gasteiger partial charge in [0.05, 0.1) is 24.6 Å². The summed E-state index contributed by atoms with van der Waals surface area (Å²) in [5.74, 6) is 2.41. The van der Waals surface area contributed by atoms with Crippen LogP contribution in [0.25, 0.3) is 5.57 Å². The number of rotatable bonds is 11. The van der Waals surface area contributed by atoms with Crippen molar-refractivity contribution in [2.75, 3.05) is 26.7 Å². The summed E-state index contributed by atoms with van der Waals surface area (Å²) < 4.78 is 4.97. The molecule has 0 radical (unpaired) electrons. The van der Waals surface area contributed by atoms with Crippen LogP contribution >= 0.6 is 0 Å². The fourth-order valence-corrected chi connectivity index (χ4v) is 14.4. The van der Waals surface area contributed by atoms with Crippen LogP contribution in [0.5, 0.6) is 0 Å². The van der Waals surface area contributed by atoms with Crippen molar-refractivity contribution in [3.05, 3.63) is 89.5 Å². The number of carbonyl (C=O) groups is 3. The number of ether oxygens (including phenoxy) is 1. The molecule has 0 aromatic heterocycles. The third kappa shape index (κ3) is 6.54. The maximum Gasteiger partial charge on any atom is 0.337 e. The van der Waals surface area contributed by atoms with Gasteiger partial charge in [-0.1, -0.05) is 95.3 Å². The predicted octanol–water partition coefficient (Wildman–Crippen LogP) is 10.3. The van der Waals surface area contributed by atoms with Gasteiger partial charge >= 0.3 is 5.97 Å².